The number of hydrogen-bond donors (Lipinski definition) is 2. The van der Waals surface area contributed by atoms with E-state index in [1.165, 1.54) is 20.8 Å². The normalized spacial score (nSPS) is 12.9. The van der Waals surface area contributed by atoms with Crippen LogP contribution >= 0.6 is 0 Å². The molecule has 7 nitrogen and oxygen atoms in total. The number of aliphatic carboxylic acids is 1. The molecule has 0 aliphatic rings. The molecule has 0 heterocycles. The van der Waals surface area contributed by atoms with Crippen LogP contribution < -0.4 is 4.74 Å². The molecule has 1 atom stereocenters. The van der Waals surface area contributed by atoms with Crippen molar-refractivity contribution in [2.75, 3.05) is 6.61 Å². The van der Waals surface area contributed by atoms with Crippen molar-refractivity contribution in [3.8, 4) is 5.75 Å². The van der Waals surface area contributed by atoms with Crippen LogP contribution in [0.5, 0.6) is 5.75 Å². The van der Waals surface area contributed by atoms with E-state index in [4.69, 9.17) is 14.6 Å². The van der Waals surface area contributed by atoms with Crippen LogP contribution in [0.15, 0.2) is 35.9 Å². The summed E-state index contributed by atoms with van der Waals surface area (Å²) in [4.78, 5) is 34.9. The highest BCUT2D eigenvalue weighted by molar-refractivity contribution is 6.01. The second-order valence-corrected chi connectivity index (χ2v) is 8.12. The van der Waals surface area contributed by atoms with Gasteiger partial charge in [0.25, 0.3) is 0 Å². The molecule has 31 heavy (non-hydrogen) atoms. The standard InChI is InChI=1S/C24H34O7/c1-5-6-7-8-9-10-20(16-30-23(28)17(2)15-21(25)26)31-19-13-11-18(12-14-19)22(27)24(3,4)29/h11-15,20,29H,5-10,16H2,1-4H3,(H,25,26)/b17-15+. The second-order valence-electron chi connectivity index (χ2n) is 8.12. The first kappa shape index (κ1) is 26.4. The minimum absolute atomic E-state index is 0.00341. The van der Waals surface area contributed by atoms with Gasteiger partial charge in [0.2, 0.25) is 0 Å². The molecule has 0 saturated heterocycles. The number of benzene rings is 1. The number of ether oxygens (including phenoxy) is 2. The minimum Gasteiger partial charge on any atom is -0.487 e. The van der Waals surface area contributed by atoms with Crippen LogP contribution in [0.2, 0.25) is 0 Å². The van der Waals surface area contributed by atoms with Crippen molar-refractivity contribution in [1.29, 1.82) is 0 Å². The summed E-state index contributed by atoms with van der Waals surface area (Å²) in [5, 5.41) is 18.6. The zero-order valence-corrected chi connectivity index (χ0v) is 18.8. The lowest BCUT2D eigenvalue weighted by Crippen LogP contribution is -2.31. The number of carboxylic acids is 1. The van der Waals surface area contributed by atoms with Crippen molar-refractivity contribution < 1.29 is 34.1 Å². The third-order valence-electron chi connectivity index (χ3n) is 4.67. The Morgan fingerprint density at radius 1 is 1.06 bits per heavy atom. The lowest BCUT2D eigenvalue weighted by molar-refractivity contribution is -0.142. The number of rotatable bonds is 14. The average molecular weight is 435 g/mol. The maximum atomic E-state index is 12.1. The van der Waals surface area contributed by atoms with Crippen LogP contribution in [0.3, 0.4) is 0 Å². The molecule has 0 aliphatic carbocycles. The smallest absolute Gasteiger partial charge is 0.334 e. The van der Waals surface area contributed by atoms with E-state index < -0.39 is 23.6 Å². The lowest BCUT2D eigenvalue weighted by atomic mass is 9.97. The predicted octanol–water partition coefficient (Wildman–Crippen LogP) is 4.32. The summed E-state index contributed by atoms with van der Waals surface area (Å²) in [6.07, 6.45) is 6.44. The molecule has 2 N–H and O–H groups in total. The van der Waals surface area contributed by atoms with Gasteiger partial charge < -0.3 is 19.7 Å². The molecule has 1 unspecified atom stereocenters. The van der Waals surface area contributed by atoms with Gasteiger partial charge in [0.15, 0.2) is 5.78 Å². The van der Waals surface area contributed by atoms with Crippen molar-refractivity contribution in [3.05, 3.63) is 41.5 Å². The van der Waals surface area contributed by atoms with Gasteiger partial charge >= 0.3 is 11.9 Å². The number of aliphatic hydroxyl groups is 1. The summed E-state index contributed by atoms with van der Waals surface area (Å²) in [7, 11) is 0. The number of carbonyl (C=O) groups is 3. The van der Waals surface area contributed by atoms with Crippen LogP contribution in [-0.4, -0.2) is 46.2 Å². The highest BCUT2D eigenvalue weighted by Gasteiger charge is 2.25. The van der Waals surface area contributed by atoms with Crippen LogP contribution in [0.25, 0.3) is 0 Å². The van der Waals surface area contributed by atoms with E-state index in [9.17, 15) is 19.5 Å². The van der Waals surface area contributed by atoms with Crippen LogP contribution in [0.1, 0.15) is 76.6 Å². The molecule has 7 heteroatoms. The molecule has 0 aliphatic heterocycles. The SMILES string of the molecule is CCCCCCCC(COC(=O)/C(C)=C/C(=O)O)Oc1ccc(C(=O)C(C)(C)O)cc1. The molecule has 1 aromatic carbocycles. The molecule has 0 bridgehead atoms. The second kappa shape index (κ2) is 12.9. The summed E-state index contributed by atoms with van der Waals surface area (Å²) in [5.41, 5.74) is -1.08. The van der Waals surface area contributed by atoms with Crippen LogP contribution in [0.4, 0.5) is 0 Å². The molecular formula is C24H34O7. The maximum Gasteiger partial charge on any atom is 0.334 e. The van der Waals surface area contributed by atoms with Crippen LogP contribution in [0, 0.1) is 0 Å². The van der Waals surface area contributed by atoms with Crippen molar-refractivity contribution in [2.45, 2.75) is 77.9 Å². The molecule has 1 aromatic rings. The van der Waals surface area contributed by atoms with E-state index in [0.29, 0.717) is 17.7 Å². The fourth-order valence-electron chi connectivity index (χ4n) is 2.91. The van der Waals surface area contributed by atoms with Gasteiger partial charge in [0, 0.05) is 17.2 Å². The molecule has 0 spiro atoms. The predicted molar refractivity (Wildman–Crippen MR) is 117 cm³/mol. The summed E-state index contributed by atoms with van der Waals surface area (Å²) < 4.78 is 11.2. The highest BCUT2D eigenvalue weighted by Crippen LogP contribution is 2.20. The molecule has 0 saturated carbocycles. The maximum absolute atomic E-state index is 12.1. The Balaban J connectivity index is 2.78. The van der Waals surface area contributed by atoms with E-state index in [1.54, 1.807) is 24.3 Å². The van der Waals surface area contributed by atoms with E-state index in [1.807, 2.05) is 0 Å². The number of esters is 1. The summed E-state index contributed by atoms with van der Waals surface area (Å²) in [6.45, 7) is 6.38. The molecule has 172 valence electrons. The number of Topliss-reactive ketones (excluding diaryl/α,β-unsaturated/α-hetero) is 1. The zero-order chi connectivity index (χ0) is 23.4. The topological polar surface area (TPSA) is 110 Å². The van der Waals surface area contributed by atoms with Gasteiger partial charge in [-0.2, -0.15) is 0 Å². The monoisotopic (exact) mass is 434 g/mol. The quantitative estimate of drug-likeness (QED) is 0.194. The summed E-state index contributed by atoms with van der Waals surface area (Å²) >= 11 is 0. The van der Waals surface area contributed by atoms with Crippen molar-refractivity contribution in [3.63, 3.8) is 0 Å². The number of hydrogen-bond acceptors (Lipinski definition) is 6. The fraction of sp³-hybridized carbons (Fsp3) is 0.542. The Morgan fingerprint density at radius 3 is 2.23 bits per heavy atom. The third-order valence-corrected chi connectivity index (χ3v) is 4.67. The van der Waals surface area contributed by atoms with E-state index in [2.05, 4.69) is 6.92 Å². The molecule has 0 fully saturated rings. The Morgan fingerprint density at radius 2 is 1.68 bits per heavy atom. The van der Waals surface area contributed by atoms with Gasteiger partial charge in [-0.25, -0.2) is 9.59 Å². The number of unbranched alkanes of at least 4 members (excludes halogenated alkanes) is 4. The Hall–Kier alpha value is -2.67. The summed E-state index contributed by atoms with van der Waals surface area (Å²) in [6, 6.07) is 6.44. The van der Waals surface area contributed by atoms with Gasteiger partial charge in [-0.1, -0.05) is 32.6 Å². The van der Waals surface area contributed by atoms with Gasteiger partial charge in [-0.15, -0.1) is 0 Å². The molecule has 0 amide bonds. The van der Waals surface area contributed by atoms with E-state index in [-0.39, 0.29) is 18.0 Å². The molecule has 1 rings (SSSR count). The first-order valence-electron chi connectivity index (χ1n) is 10.7. The van der Waals surface area contributed by atoms with E-state index in [0.717, 1.165) is 38.2 Å². The third kappa shape index (κ3) is 10.3. The Bertz CT molecular complexity index is 757. The van der Waals surface area contributed by atoms with Crippen molar-refractivity contribution in [1.82, 2.24) is 0 Å². The Kier molecular flexibility index (Phi) is 11.0. The van der Waals surface area contributed by atoms with Crippen molar-refractivity contribution >= 4 is 17.7 Å². The fourth-order valence-corrected chi connectivity index (χ4v) is 2.91. The number of ketones is 1. The van der Waals surface area contributed by atoms with E-state index >= 15 is 0 Å². The Labute approximate surface area is 184 Å². The average Bonchev–Trinajstić information content (AvgIpc) is 2.70. The molecule has 0 aromatic heterocycles. The highest BCUT2D eigenvalue weighted by atomic mass is 16.6. The lowest BCUT2D eigenvalue weighted by Gasteiger charge is -2.20. The minimum atomic E-state index is -1.46. The van der Waals surface area contributed by atoms with Gasteiger partial charge in [0.1, 0.15) is 24.1 Å². The number of carboxylic acid groups (broad SMARTS) is 1. The van der Waals surface area contributed by atoms with Gasteiger partial charge in [-0.3, -0.25) is 4.79 Å². The summed E-state index contributed by atoms with van der Waals surface area (Å²) in [5.74, 6) is -1.78. The largest absolute Gasteiger partial charge is 0.487 e. The first-order valence-corrected chi connectivity index (χ1v) is 10.7. The zero-order valence-electron chi connectivity index (χ0n) is 18.8. The molecular weight excluding hydrogens is 400 g/mol. The van der Waals surface area contributed by atoms with Crippen LogP contribution in [-0.2, 0) is 14.3 Å². The van der Waals surface area contributed by atoms with Crippen molar-refractivity contribution in [2.24, 2.45) is 0 Å². The number of carbonyl (C=O) groups excluding carboxylic acids is 2. The molecule has 0 radical (unpaired) electrons. The van der Waals surface area contributed by atoms with Gasteiger partial charge in [-0.05, 0) is 57.9 Å². The van der Waals surface area contributed by atoms with Gasteiger partial charge in [0.05, 0.1) is 0 Å². The first-order chi connectivity index (χ1) is 14.5.